The molecule has 3 heterocycles. The van der Waals surface area contributed by atoms with Gasteiger partial charge in [0.2, 0.25) is 26.0 Å². The molecule has 0 radical (unpaired) electrons. The third-order valence-corrected chi connectivity index (χ3v) is 7.19. The lowest BCUT2D eigenvalue weighted by molar-refractivity contribution is 0.596. The van der Waals surface area contributed by atoms with Crippen LogP contribution >= 0.6 is 0 Å². The fraction of sp³-hybridized carbons (Fsp3) is 0.0385. The minimum Gasteiger partial charge on any atom is -0.399 e. The van der Waals surface area contributed by atoms with Crippen LogP contribution in [0.4, 0.5) is 29.0 Å². The molecule has 5 aromatic rings. The van der Waals surface area contributed by atoms with E-state index in [9.17, 15) is 16.8 Å². The summed E-state index contributed by atoms with van der Waals surface area (Å²) < 4.78 is 44.1. The molecule has 0 fully saturated rings. The van der Waals surface area contributed by atoms with Gasteiger partial charge in [-0.2, -0.15) is 4.98 Å². The Morgan fingerprint density at radius 1 is 0.643 bits per heavy atom. The number of benzene rings is 2. The molecule has 16 heteroatoms. The summed E-state index contributed by atoms with van der Waals surface area (Å²) in [6, 6.07) is 20.7. The van der Waals surface area contributed by atoms with E-state index in [-0.39, 0.29) is 9.79 Å². The molecule has 0 saturated heterocycles. The van der Waals surface area contributed by atoms with Gasteiger partial charge in [-0.15, -0.1) is 0 Å². The van der Waals surface area contributed by atoms with E-state index in [1.54, 1.807) is 36.7 Å². The molecule has 0 saturated carbocycles. The monoisotopic (exact) mass is 606 g/mol. The van der Waals surface area contributed by atoms with Crippen molar-refractivity contribution in [2.24, 2.45) is 10.3 Å². The molecule has 0 spiro atoms. The van der Waals surface area contributed by atoms with Crippen LogP contribution in [0.5, 0.6) is 0 Å². The molecule has 0 bridgehead atoms. The van der Waals surface area contributed by atoms with E-state index in [1.807, 2.05) is 25.1 Å². The zero-order valence-corrected chi connectivity index (χ0v) is 23.7. The van der Waals surface area contributed by atoms with Gasteiger partial charge in [0.25, 0.3) is 0 Å². The number of nitrogens with one attached hydrogen (secondary N) is 2. The number of rotatable bonds is 7. The third kappa shape index (κ3) is 8.48. The van der Waals surface area contributed by atoms with E-state index in [0.717, 1.165) is 5.69 Å². The van der Waals surface area contributed by atoms with E-state index < -0.39 is 20.0 Å². The molecule has 0 amide bonds. The Morgan fingerprint density at radius 2 is 1.21 bits per heavy atom. The van der Waals surface area contributed by atoms with Crippen molar-refractivity contribution in [1.82, 2.24) is 24.9 Å². The summed E-state index contributed by atoms with van der Waals surface area (Å²) in [5.74, 6) is 1.88. The first-order valence-electron chi connectivity index (χ1n) is 12.0. The Labute approximate surface area is 242 Å². The molecule has 0 unspecified atom stereocenters. The smallest absolute Gasteiger partial charge is 0.238 e. The van der Waals surface area contributed by atoms with Gasteiger partial charge in [0, 0.05) is 29.5 Å². The Kier molecular flexibility index (Phi) is 9.02. The molecular formula is C26H26N10O4S2. The Balaban J connectivity index is 0.000000310. The number of pyridine rings is 1. The van der Waals surface area contributed by atoms with Gasteiger partial charge < -0.3 is 16.4 Å². The second-order valence-electron chi connectivity index (χ2n) is 8.63. The second-order valence-corrected chi connectivity index (χ2v) is 11.8. The molecule has 8 N–H and O–H groups in total. The summed E-state index contributed by atoms with van der Waals surface area (Å²) >= 11 is 0. The van der Waals surface area contributed by atoms with Crippen LogP contribution in [0.15, 0.2) is 101 Å². The van der Waals surface area contributed by atoms with Gasteiger partial charge in [-0.05, 0) is 79.7 Å². The van der Waals surface area contributed by atoms with Crippen LogP contribution in [0.3, 0.4) is 0 Å². The number of nitrogens with two attached hydrogens (primary N) is 3. The molecule has 0 aliphatic carbocycles. The number of hydrogen-bond donors (Lipinski definition) is 5. The summed E-state index contributed by atoms with van der Waals surface area (Å²) in [6.07, 6.45) is 3.22. The normalized spacial score (nSPS) is 11.2. The van der Waals surface area contributed by atoms with Gasteiger partial charge in [0.05, 0.1) is 9.79 Å². The summed E-state index contributed by atoms with van der Waals surface area (Å²) in [4.78, 5) is 21.9. The minimum absolute atomic E-state index is 0.0250. The molecule has 0 aliphatic rings. The molecule has 3 aromatic heterocycles. The largest absolute Gasteiger partial charge is 0.399 e. The van der Waals surface area contributed by atoms with Gasteiger partial charge in [0.15, 0.2) is 5.82 Å². The molecule has 14 nitrogen and oxygen atoms in total. The van der Waals surface area contributed by atoms with Crippen molar-refractivity contribution in [1.29, 1.82) is 0 Å². The third-order valence-electron chi connectivity index (χ3n) is 5.33. The summed E-state index contributed by atoms with van der Waals surface area (Å²) in [7, 11) is -7.32. The summed E-state index contributed by atoms with van der Waals surface area (Å²) in [5, 5.41) is 16.1. The first-order valence-corrected chi connectivity index (χ1v) is 15.1. The maximum Gasteiger partial charge on any atom is 0.238 e. The van der Waals surface area contributed by atoms with E-state index in [2.05, 4.69) is 35.6 Å². The molecule has 2 aromatic carbocycles. The first-order chi connectivity index (χ1) is 19.9. The first kappa shape index (κ1) is 29.9. The zero-order valence-electron chi connectivity index (χ0n) is 22.1. The Hall–Kier alpha value is -5.03. The average Bonchev–Trinajstić information content (AvgIpc) is 2.93. The van der Waals surface area contributed by atoms with E-state index in [1.165, 1.54) is 36.4 Å². The van der Waals surface area contributed by atoms with Crippen molar-refractivity contribution in [3.05, 3.63) is 97.0 Å². The predicted molar refractivity (Wildman–Crippen MR) is 159 cm³/mol. The lowest BCUT2D eigenvalue weighted by Gasteiger charge is -2.09. The fourth-order valence-corrected chi connectivity index (χ4v) is 4.38. The number of hydrogen-bond acceptors (Lipinski definition) is 12. The number of anilines is 5. The van der Waals surface area contributed by atoms with Gasteiger partial charge >= 0.3 is 0 Å². The van der Waals surface area contributed by atoms with Crippen molar-refractivity contribution in [3.63, 3.8) is 0 Å². The second kappa shape index (κ2) is 12.6. The standard InChI is InChI=1S/C20H18N8O2S.C6H8N2O2S/c1-13-3-2-4-16(24-13)19-22-11-9-17(27-19)26-18-10-12-23-20(28-18)25-14-5-7-15(8-6-14)31(21,29)30;7-5-1-3-6(4-2-5)11(8,9)10/h2-12H,1H3,(H2,21,29,30)(H2,22,23,25,26,27,28);1-4H,7H2,(H2,8,9,10). The van der Waals surface area contributed by atoms with Crippen LogP contribution in [0.2, 0.25) is 0 Å². The van der Waals surface area contributed by atoms with Gasteiger partial charge in [-0.3, -0.25) is 0 Å². The Morgan fingerprint density at radius 3 is 1.81 bits per heavy atom. The van der Waals surface area contributed by atoms with E-state index >= 15 is 0 Å². The number of aromatic nitrogens is 5. The number of aryl methyl sites for hydroxylation is 1. The van der Waals surface area contributed by atoms with Crippen LogP contribution in [0, 0.1) is 6.92 Å². The minimum atomic E-state index is -3.75. The molecule has 0 aliphatic heterocycles. The Bertz CT molecular complexity index is 1900. The highest BCUT2D eigenvalue weighted by atomic mass is 32.2. The van der Waals surface area contributed by atoms with Gasteiger partial charge in [-0.1, -0.05) is 6.07 Å². The van der Waals surface area contributed by atoms with E-state index in [4.69, 9.17) is 16.0 Å². The highest BCUT2D eigenvalue weighted by Gasteiger charge is 2.09. The van der Waals surface area contributed by atoms with Crippen LogP contribution in [-0.4, -0.2) is 41.8 Å². The summed E-state index contributed by atoms with van der Waals surface area (Å²) in [6.45, 7) is 1.91. The highest BCUT2D eigenvalue weighted by Crippen LogP contribution is 2.20. The molecular weight excluding hydrogens is 580 g/mol. The molecule has 0 atom stereocenters. The molecule has 216 valence electrons. The number of sulfonamides is 2. The SMILES string of the molecule is Cc1cccc(-c2nccc(Nc3ccnc(Nc4ccc(S(N)(=O)=O)cc4)n3)n2)n1.Nc1ccc(S(N)(=O)=O)cc1. The molecule has 5 rings (SSSR count). The van der Waals surface area contributed by atoms with Gasteiger partial charge in [0.1, 0.15) is 17.3 Å². The average molecular weight is 607 g/mol. The van der Waals surface area contributed by atoms with Crippen LogP contribution in [-0.2, 0) is 20.0 Å². The van der Waals surface area contributed by atoms with Crippen LogP contribution in [0.25, 0.3) is 11.5 Å². The maximum atomic E-state index is 11.4. The van der Waals surface area contributed by atoms with Gasteiger partial charge in [-0.25, -0.2) is 47.0 Å². The van der Waals surface area contributed by atoms with Crippen LogP contribution in [0.1, 0.15) is 5.69 Å². The lowest BCUT2D eigenvalue weighted by Crippen LogP contribution is -2.11. The van der Waals surface area contributed by atoms with Crippen molar-refractivity contribution in [2.45, 2.75) is 16.7 Å². The van der Waals surface area contributed by atoms with Crippen molar-refractivity contribution in [3.8, 4) is 11.5 Å². The predicted octanol–water partition coefficient (Wildman–Crippen LogP) is 2.69. The van der Waals surface area contributed by atoms with Crippen LogP contribution < -0.4 is 26.6 Å². The highest BCUT2D eigenvalue weighted by molar-refractivity contribution is 7.89. The van der Waals surface area contributed by atoms with Crippen molar-refractivity contribution < 1.29 is 16.8 Å². The number of primary sulfonamides is 2. The fourth-order valence-electron chi connectivity index (χ4n) is 3.35. The van der Waals surface area contributed by atoms with Crippen molar-refractivity contribution in [2.75, 3.05) is 16.4 Å². The zero-order chi connectivity index (χ0) is 30.3. The number of nitrogen functional groups attached to an aromatic ring is 1. The topological polar surface area (TPSA) is 235 Å². The number of nitrogens with zero attached hydrogens (tertiary/aromatic N) is 5. The molecule has 42 heavy (non-hydrogen) atoms. The summed E-state index contributed by atoms with van der Waals surface area (Å²) in [5.41, 5.74) is 8.01. The lowest BCUT2D eigenvalue weighted by atomic mass is 10.3. The van der Waals surface area contributed by atoms with Crippen molar-refractivity contribution >= 4 is 49.0 Å². The van der Waals surface area contributed by atoms with E-state index in [0.29, 0.717) is 40.5 Å². The quantitative estimate of drug-likeness (QED) is 0.168. The maximum absolute atomic E-state index is 11.4.